The average Bonchev–Trinajstić information content (AvgIpc) is 3.43. The molecule has 0 radical (unpaired) electrons. The van der Waals surface area contributed by atoms with E-state index < -0.39 is 11.9 Å². The molecular weight excluding hydrogens is 431 g/mol. The first-order valence-corrected chi connectivity index (χ1v) is 11.0. The molecule has 3 aromatic heterocycles. The zero-order valence-corrected chi connectivity index (χ0v) is 18.1. The highest BCUT2D eigenvalue weighted by Crippen LogP contribution is 2.32. The monoisotopic (exact) mass is 455 g/mol. The number of hydrogen-bond acceptors (Lipinski definition) is 3. The summed E-state index contributed by atoms with van der Waals surface area (Å²) in [6, 6.07) is 13.0. The predicted octanol–water partition coefficient (Wildman–Crippen LogP) is 5.01. The van der Waals surface area contributed by atoms with Crippen LogP contribution in [0.3, 0.4) is 0 Å². The zero-order chi connectivity index (χ0) is 23.2. The molecule has 0 atom stereocenters. The number of anilines is 1. The minimum Gasteiger partial charge on any atom is -0.360 e. The van der Waals surface area contributed by atoms with Crippen LogP contribution in [0, 0.1) is 0 Å². The van der Waals surface area contributed by atoms with Crippen LogP contribution in [-0.2, 0) is 6.18 Å². The number of rotatable bonds is 4. The molecule has 2 N–H and O–H groups in total. The first-order chi connectivity index (χ1) is 15.8. The third kappa shape index (κ3) is 4.03. The number of benzene rings is 1. The Bertz CT molecular complexity index is 1300. The highest BCUT2D eigenvalue weighted by atomic mass is 19.4. The van der Waals surface area contributed by atoms with Crippen LogP contribution < -0.4 is 10.2 Å². The standard InChI is InChI=1S/C24H24F3N5O/c1-31(22-8-4-7-21-30-20(14-32(21)22)24(25,26)27)16-11-9-15(10-12-16)29-23(33)18-13-28-19-6-3-2-5-17(18)19/h2-8,13-16,28H,9-12H2,1H3,(H,29,33). The number of para-hydroxylation sites is 1. The summed E-state index contributed by atoms with van der Waals surface area (Å²) < 4.78 is 40.9. The van der Waals surface area contributed by atoms with Crippen molar-refractivity contribution < 1.29 is 18.0 Å². The van der Waals surface area contributed by atoms with Gasteiger partial charge < -0.3 is 15.2 Å². The fraction of sp³-hybridized carbons (Fsp3) is 0.333. The SMILES string of the molecule is CN(c1cccc2nc(C(F)(F)F)cn12)C1CCC(NC(=O)c2c[nH]c3ccccc23)CC1. The van der Waals surface area contributed by atoms with E-state index in [0.29, 0.717) is 11.4 Å². The lowest BCUT2D eigenvalue weighted by Crippen LogP contribution is -2.43. The third-order valence-corrected chi connectivity index (χ3v) is 6.54. The van der Waals surface area contributed by atoms with Crippen LogP contribution >= 0.6 is 0 Å². The van der Waals surface area contributed by atoms with Crippen molar-refractivity contribution in [3.63, 3.8) is 0 Å². The second-order valence-electron chi connectivity index (χ2n) is 8.57. The summed E-state index contributed by atoms with van der Waals surface area (Å²) in [5.74, 6) is 0.578. The van der Waals surface area contributed by atoms with Gasteiger partial charge in [0.05, 0.1) is 5.56 Å². The highest BCUT2D eigenvalue weighted by Gasteiger charge is 2.34. The molecule has 1 aromatic carbocycles. The Morgan fingerprint density at radius 2 is 1.88 bits per heavy atom. The number of nitrogens with zero attached hydrogens (tertiary/aromatic N) is 3. The number of H-pyrrole nitrogens is 1. The molecule has 33 heavy (non-hydrogen) atoms. The second-order valence-corrected chi connectivity index (χ2v) is 8.57. The van der Waals surface area contributed by atoms with Gasteiger partial charge in [-0.15, -0.1) is 0 Å². The number of pyridine rings is 1. The van der Waals surface area contributed by atoms with E-state index in [1.807, 2.05) is 36.2 Å². The molecule has 1 aliphatic carbocycles. The maximum absolute atomic E-state index is 13.1. The van der Waals surface area contributed by atoms with Crippen LogP contribution in [0.25, 0.3) is 16.6 Å². The summed E-state index contributed by atoms with van der Waals surface area (Å²) in [6.45, 7) is 0. The lowest BCUT2D eigenvalue weighted by molar-refractivity contribution is -0.140. The Morgan fingerprint density at radius 3 is 2.64 bits per heavy atom. The number of halogens is 3. The minimum atomic E-state index is -4.48. The molecule has 1 saturated carbocycles. The molecular formula is C24H24F3N5O. The topological polar surface area (TPSA) is 65.4 Å². The van der Waals surface area contributed by atoms with E-state index in [-0.39, 0.29) is 23.6 Å². The lowest BCUT2D eigenvalue weighted by Gasteiger charge is -2.36. The van der Waals surface area contributed by atoms with Crippen molar-refractivity contribution in [1.29, 1.82) is 0 Å². The maximum Gasteiger partial charge on any atom is 0.434 e. The third-order valence-electron chi connectivity index (χ3n) is 6.54. The van der Waals surface area contributed by atoms with E-state index in [1.54, 1.807) is 24.4 Å². The molecule has 4 aromatic rings. The van der Waals surface area contributed by atoms with Crippen molar-refractivity contribution in [2.24, 2.45) is 0 Å². The molecule has 1 aliphatic rings. The van der Waals surface area contributed by atoms with Gasteiger partial charge in [0.25, 0.3) is 5.91 Å². The normalized spacial score (nSPS) is 19.2. The summed E-state index contributed by atoms with van der Waals surface area (Å²) in [5.41, 5.74) is 0.936. The maximum atomic E-state index is 13.1. The van der Waals surface area contributed by atoms with Gasteiger partial charge in [-0.05, 0) is 43.9 Å². The number of carbonyl (C=O) groups excluding carboxylic acids is 1. The second kappa shape index (κ2) is 8.13. The molecule has 1 amide bonds. The first kappa shape index (κ1) is 21.4. The van der Waals surface area contributed by atoms with Gasteiger partial charge >= 0.3 is 6.18 Å². The van der Waals surface area contributed by atoms with E-state index in [0.717, 1.165) is 42.8 Å². The van der Waals surface area contributed by atoms with Crippen molar-refractivity contribution in [3.8, 4) is 0 Å². The van der Waals surface area contributed by atoms with Crippen LogP contribution in [-0.4, -0.2) is 39.4 Å². The van der Waals surface area contributed by atoms with Crippen LogP contribution in [0.5, 0.6) is 0 Å². The van der Waals surface area contributed by atoms with Crippen molar-refractivity contribution in [3.05, 3.63) is 66.1 Å². The summed E-state index contributed by atoms with van der Waals surface area (Å²) in [4.78, 5) is 21.7. The largest absolute Gasteiger partial charge is 0.434 e. The van der Waals surface area contributed by atoms with Gasteiger partial charge in [-0.3, -0.25) is 9.20 Å². The van der Waals surface area contributed by atoms with Crippen LogP contribution in [0.4, 0.5) is 19.0 Å². The quantitative estimate of drug-likeness (QED) is 0.455. The number of aromatic nitrogens is 3. The molecule has 0 saturated heterocycles. The number of aromatic amines is 1. The van der Waals surface area contributed by atoms with Gasteiger partial charge in [0.1, 0.15) is 11.5 Å². The van der Waals surface area contributed by atoms with Gasteiger partial charge in [0, 0.05) is 42.4 Å². The van der Waals surface area contributed by atoms with Gasteiger partial charge in [-0.1, -0.05) is 24.3 Å². The van der Waals surface area contributed by atoms with E-state index in [4.69, 9.17) is 0 Å². The number of carbonyl (C=O) groups is 1. The number of amides is 1. The molecule has 172 valence electrons. The fourth-order valence-corrected chi connectivity index (χ4v) is 4.74. The first-order valence-electron chi connectivity index (χ1n) is 11.0. The van der Waals surface area contributed by atoms with Crippen LogP contribution in [0.2, 0.25) is 0 Å². The van der Waals surface area contributed by atoms with Crippen molar-refractivity contribution in [2.45, 2.75) is 43.9 Å². The summed E-state index contributed by atoms with van der Waals surface area (Å²) in [7, 11) is 1.90. The van der Waals surface area contributed by atoms with Gasteiger partial charge in [-0.25, -0.2) is 4.98 Å². The Hall–Kier alpha value is -3.49. The molecule has 9 heteroatoms. The molecule has 0 unspecified atom stereocenters. The Labute approximate surface area is 188 Å². The Kier molecular flexibility index (Phi) is 5.26. The summed E-state index contributed by atoms with van der Waals surface area (Å²) >= 11 is 0. The van der Waals surface area contributed by atoms with E-state index in [1.165, 1.54) is 4.40 Å². The summed E-state index contributed by atoms with van der Waals surface area (Å²) in [5, 5.41) is 4.04. The molecule has 1 fully saturated rings. The molecule has 0 spiro atoms. The smallest absolute Gasteiger partial charge is 0.360 e. The summed E-state index contributed by atoms with van der Waals surface area (Å²) in [6.07, 6.45) is 1.56. The zero-order valence-electron chi connectivity index (χ0n) is 18.1. The van der Waals surface area contributed by atoms with Crippen molar-refractivity contribution in [2.75, 3.05) is 11.9 Å². The van der Waals surface area contributed by atoms with Gasteiger partial charge in [0.15, 0.2) is 5.69 Å². The molecule has 6 nitrogen and oxygen atoms in total. The average molecular weight is 455 g/mol. The van der Waals surface area contributed by atoms with Crippen LogP contribution in [0.15, 0.2) is 54.9 Å². The number of alkyl halides is 3. The Balaban J connectivity index is 1.26. The minimum absolute atomic E-state index is 0.0664. The van der Waals surface area contributed by atoms with E-state index in [2.05, 4.69) is 15.3 Å². The Morgan fingerprint density at radius 1 is 1.12 bits per heavy atom. The molecule has 0 aliphatic heterocycles. The molecule has 5 rings (SSSR count). The number of fused-ring (bicyclic) bond motifs is 2. The van der Waals surface area contributed by atoms with Gasteiger partial charge in [-0.2, -0.15) is 13.2 Å². The molecule has 3 heterocycles. The van der Waals surface area contributed by atoms with Crippen LogP contribution in [0.1, 0.15) is 41.7 Å². The highest BCUT2D eigenvalue weighted by molar-refractivity contribution is 6.06. The number of nitrogens with one attached hydrogen (secondary N) is 2. The fourth-order valence-electron chi connectivity index (χ4n) is 4.74. The van der Waals surface area contributed by atoms with Crippen molar-refractivity contribution in [1.82, 2.24) is 19.7 Å². The molecule has 0 bridgehead atoms. The number of imidazole rings is 1. The lowest BCUT2D eigenvalue weighted by atomic mass is 9.90. The van der Waals surface area contributed by atoms with Gasteiger partial charge in [0.2, 0.25) is 0 Å². The van der Waals surface area contributed by atoms with Crippen molar-refractivity contribution >= 4 is 28.3 Å². The van der Waals surface area contributed by atoms with E-state index in [9.17, 15) is 18.0 Å². The number of hydrogen-bond donors (Lipinski definition) is 2. The predicted molar refractivity (Wildman–Crippen MR) is 120 cm³/mol. The van der Waals surface area contributed by atoms with E-state index >= 15 is 0 Å².